The minimum Gasteiger partial charge on any atom is -0.486 e. The molecule has 0 aliphatic carbocycles. The number of fused-ring (bicyclic) bond motifs is 1. The van der Waals surface area contributed by atoms with Crippen LogP contribution in [0.5, 0.6) is 11.5 Å². The zero-order chi connectivity index (χ0) is 18.7. The van der Waals surface area contributed by atoms with Crippen molar-refractivity contribution in [3.05, 3.63) is 52.5 Å². The molecule has 1 unspecified atom stereocenters. The number of quaternary nitrogens is 1. The number of amides is 1. The maximum Gasteiger partial charge on any atom is 0.282 e. The fourth-order valence-electron chi connectivity index (χ4n) is 2.76. The first-order valence-electron chi connectivity index (χ1n) is 8.40. The number of ether oxygens (including phenoxy) is 2. The first kappa shape index (κ1) is 18.8. The van der Waals surface area contributed by atoms with E-state index in [2.05, 4.69) is 5.32 Å². The number of halogens is 2. The van der Waals surface area contributed by atoms with E-state index < -0.39 is 0 Å². The van der Waals surface area contributed by atoms with Crippen LogP contribution in [0.15, 0.2) is 42.5 Å². The van der Waals surface area contributed by atoms with E-state index in [-0.39, 0.29) is 18.1 Å². The van der Waals surface area contributed by atoms with Crippen molar-refractivity contribution < 1.29 is 19.2 Å². The highest BCUT2D eigenvalue weighted by Crippen LogP contribution is 2.30. The zero-order valence-electron chi connectivity index (χ0n) is 14.6. The van der Waals surface area contributed by atoms with Crippen molar-refractivity contribution in [1.82, 2.24) is 0 Å². The minimum atomic E-state index is -0.300. The summed E-state index contributed by atoms with van der Waals surface area (Å²) in [6.45, 7) is 2.95. The highest BCUT2D eigenvalue weighted by Gasteiger charge is 2.29. The quantitative estimate of drug-likeness (QED) is 0.817. The summed E-state index contributed by atoms with van der Waals surface area (Å²) in [7, 11) is 1.95. The van der Waals surface area contributed by atoms with Crippen LogP contribution in [0.3, 0.4) is 0 Å². The summed E-state index contributed by atoms with van der Waals surface area (Å²) in [4.78, 5) is 13.6. The van der Waals surface area contributed by atoms with Crippen LogP contribution in [0.2, 0.25) is 10.0 Å². The Hall–Kier alpha value is -1.95. The summed E-state index contributed by atoms with van der Waals surface area (Å²) in [5.74, 6) is 1.35. The first-order valence-corrected chi connectivity index (χ1v) is 9.16. The summed E-state index contributed by atoms with van der Waals surface area (Å²) in [6.07, 6.45) is -0.116. The monoisotopic (exact) mass is 395 g/mol. The molecule has 1 amide bonds. The summed E-state index contributed by atoms with van der Waals surface area (Å²) in [6, 6.07) is 12.3. The van der Waals surface area contributed by atoms with Crippen molar-refractivity contribution in [2.24, 2.45) is 0 Å². The second-order valence-electron chi connectivity index (χ2n) is 6.38. The number of hydrogen-bond acceptors (Lipinski definition) is 3. The molecule has 0 radical (unpaired) electrons. The molecule has 0 bridgehead atoms. The Balaban J connectivity index is 1.58. The average Bonchev–Trinajstić information content (AvgIpc) is 2.64. The zero-order valence-corrected chi connectivity index (χ0v) is 16.1. The molecule has 0 saturated carbocycles. The van der Waals surface area contributed by atoms with Crippen LogP contribution in [-0.4, -0.2) is 38.3 Å². The van der Waals surface area contributed by atoms with Crippen molar-refractivity contribution in [2.45, 2.75) is 19.1 Å². The van der Waals surface area contributed by atoms with Crippen molar-refractivity contribution >= 4 is 34.8 Å². The third kappa shape index (κ3) is 4.41. The Morgan fingerprint density at radius 2 is 2.00 bits per heavy atom. The van der Waals surface area contributed by atoms with Gasteiger partial charge in [-0.2, -0.15) is 0 Å². The molecule has 3 atom stereocenters. The van der Waals surface area contributed by atoms with Crippen molar-refractivity contribution in [1.29, 1.82) is 0 Å². The van der Waals surface area contributed by atoms with Gasteiger partial charge in [-0.15, -0.1) is 0 Å². The first-order chi connectivity index (χ1) is 12.4. The number of nitrogens with one attached hydrogen (secondary N) is 2. The summed E-state index contributed by atoms with van der Waals surface area (Å²) >= 11 is 12.1. The molecule has 7 heteroatoms. The number of likely N-dealkylation sites (N-methyl/N-ethyl adjacent to an activating group) is 1. The maximum absolute atomic E-state index is 12.6. The number of hydrogen-bond donors (Lipinski definition) is 2. The second kappa shape index (κ2) is 8.16. The van der Waals surface area contributed by atoms with E-state index in [1.165, 1.54) is 0 Å². The van der Waals surface area contributed by atoms with Crippen LogP contribution in [0, 0.1) is 0 Å². The van der Waals surface area contributed by atoms with Crippen LogP contribution in [0.1, 0.15) is 6.92 Å². The van der Waals surface area contributed by atoms with E-state index in [9.17, 15) is 4.79 Å². The molecule has 138 valence electrons. The Labute approximate surface area is 162 Å². The lowest BCUT2D eigenvalue weighted by atomic mass is 10.2. The maximum atomic E-state index is 12.6. The van der Waals surface area contributed by atoms with Gasteiger partial charge >= 0.3 is 0 Å². The van der Waals surface area contributed by atoms with Gasteiger partial charge in [0.25, 0.3) is 5.91 Å². The number of para-hydroxylation sites is 2. The SMILES string of the molecule is C[C@@H](C(=O)Nc1cc(Cl)ccc1Cl)[NH+](C)C[C@@H]1COc2ccccc2O1. The molecule has 0 fully saturated rings. The Morgan fingerprint density at radius 1 is 1.27 bits per heavy atom. The lowest BCUT2D eigenvalue weighted by molar-refractivity contribution is -0.896. The van der Waals surface area contributed by atoms with Gasteiger partial charge in [0.05, 0.1) is 17.8 Å². The fourth-order valence-corrected chi connectivity index (χ4v) is 3.09. The highest BCUT2D eigenvalue weighted by atomic mass is 35.5. The molecule has 2 aromatic carbocycles. The molecular formula is C19H21Cl2N2O3+. The smallest absolute Gasteiger partial charge is 0.282 e. The van der Waals surface area contributed by atoms with Gasteiger partial charge in [0.1, 0.15) is 13.2 Å². The molecule has 2 aromatic rings. The van der Waals surface area contributed by atoms with Gasteiger partial charge in [-0.1, -0.05) is 35.3 Å². The third-order valence-electron chi connectivity index (χ3n) is 4.44. The van der Waals surface area contributed by atoms with Crippen LogP contribution >= 0.6 is 23.2 Å². The highest BCUT2D eigenvalue weighted by molar-refractivity contribution is 6.35. The van der Waals surface area contributed by atoms with Crippen molar-refractivity contribution in [3.63, 3.8) is 0 Å². The Kier molecular flexibility index (Phi) is 5.91. The molecule has 26 heavy (non-hydrogen) atoms. The van der Waals surface area contributed by atoms with Gasteiger partial charge < -0.3 is 19.7 Å². The summed E-state index contributed by atoms with van der Waals surface area (Å²) in [5.41, 5.74) is 0.509. The second-order valence-corrected chi connectivity index (χ2v) is 7.23. The van der Waals surface area contributed by atoms with Crippen LogP contribution < -0.4 is 19.7 Å². The van der Waals surface area contributed by atoms with Crippen LogP contribution in [0.25, 0.3) is 0 Å². The van der Waals surface area contributed by atoms with E-state index in [4.69, 9.17) is 32.7 Å². The van der Waals surface area contributed by atoms with Gasteiger partial charge in [-0.25, -0.2) is 0 Å². The molecule has 5 nitrogen and oxygen atoms in total. The number of carbonyl (C=O) groups excluding carboxylic acids is 1. The molecule has 1 aliphatic rings. The molecular weight excluding hydrogens is 375 g/mol. The number of benzene rings is 2. The van der Waals surface area contributed by atoms with Gasteiger partial charge in [0, 0.05) is 5.02 Å². The fraction of sp³-hybridized carbons (Fsp3) is 0.316. The van der Waals surface area contributed by atoms with Crippen molar-refractivity contribution in [3.8, 4) is 11.5 Å². The van der Waals surface area contributed by atoms with Gasteiger partial charge in [0.15, 0.2) is 23.6 Å². The normalized spacial score (nSPS) is 18.1. The number of carbonyl (C=O) groups is 1. The molecule has 3 rings (SSSR count). The van der Waals surface area contributed by atoms with Crippen LogP contribution in [0.4, 0.5) is 5.69 Å². The van der Waals surface area contributed by atoms with Gasteiger partial charge in [-0.3, -0.25) is 4.79 Å². The number of rotatable bonds is 5. The van der Waals surface area contributed by atoms with E-state index in [0.717, 1.165) is 16.4 Å². The molecule has 1 aliphatic heterocycles. The van der Waals surface area contributed by atoms with E-state index in [0.29, 0.717) is 28.9 Å². The predicted octanol–water partition coefficient (Wildman–Crippen LogP) is 2.68. The summed E-state index contributed by atoms with van der Waals surface area (Å²) < 4.78 is 11.7. The van der Waals surface area contributed by atoms with E-state index in [1.54, 1.807) is 18.2 Å². The Bertz CT molecular complexity index is 800. The van der Waals surface area contributed by atoms with Gasteiger partial charge in [-0.05, 0) is 37.3 Å². The number of anilines is 1. The molecule has 0 saturated heterocycles. The van der Waals surface area contributed by atoms with Crippen molar-refractivity contribution in [2.75, 3.05) is 25.5 Å². The molecule has 1 heterocycles. The lowest BCUT2D eigenvalue weighted by Gasteiger charge is -2.29. The molecule has 0 spiro atoms. The Morgan fingerprint density at radius 3 is 2.77 bits per heavy atom. The van der Waals surface area contributed by atoms with Gasteiger partial charge in [0.2, 0.25) is 0 Å². The van der Waals surface area contributed by atoms with E-state index in [1.807, 2.05) is 38.2 Å². The van der Waals surface area contributed by atoms with Crippen LogP contribution in [-0.2, 0) is 4.79 Å². The lowest BCUT2D eigenvalue weighted by Crippen LogP contribution is -3.15. The molecule has 2 N–H and O–H groups in total. The predicted molar refractivity (Wildman–Crippen MR) is 103 cm³/mol. The topological polar surface area (TPSA) is 52.0 Å². The standard InChI is InChI=1S/C19H20Cl2N2O3/c1-12(19(24)22-16-9-13(20)7-8-15(16)21)23(2)10-14-11-25-17-5-3-4-6-18(17)26-14/h3-9,12,14H,10-11H2,1-2H3,(H,22,24)/p+1/t12-,14+/m0/s1. The molecule has 0 aromatic heterocycles. The van der Waals surface area contributed by atoms with E-state index >= 15 is 0 Å². The minimum absolute atomic E-state index is 0.116. The average molecular weight is 396 g/mol. The largest absolute Gasteiger partial charge is 0.486 e. The summed E-state index contributed by atoms with van der Waals surface area (Å²) in [5, 5.41) is 3.81. The third-order valence-corrected chi connectivity index (χ3v) is 5.00.